The highest BCUT2D eigenvalue weighted by Gasteiger charge is 2.33. The number of fused-ring (bicyclic) bond motifs is 1. The zero-order valence-corrected chi connectivity index (χ0v) is 15.0. The Morgan fingerprint density at radius 3 is 2.54 bits per heavy atom. The highest BCUT2D eigenvalue weighted by molar-refractivity contribution is 7.98. The zero-order chi connectivity index (χ0) is 17.7. The number of methoxy groups -OCH3 is 2. The van der Waals surface area contributed by atoms with E-state index >= 15 is 0 Å². The Bertz CT molecular complexity index is 619. The van der Waals surface area contributed by atoms with Crippen molar-refractivity contribution in [2.45, 2.75) is 25.3 Å². The number of carbonyl (C=O) groups is 2. The summed E-state index contributed by atoms with van der Waals surface area (Å²) in [7, 11) is 3.11. The molecule has 6 nitrogen and oxygen atoms in total. The summed E-state index contributed by atoms with van der Waals surface area (Å²) in [6.07, 6.45) is 2.93. The van der Waals surface area contributed by atoms with Crippen LogP contribution in [0, 0.1) is 0 Å². The smallest absolute Gasteiger partial charge is 0.305 e. The van der Waals surface area contributed by atoms with Crippen LogP contribution in [0.1, 0.15) is 30.0 Å². The van der Waals surface area contributed by atoms with E-state index in [-0.39, 0.29) is 12.3 Å². The van der Waals surface area contributed by atoms with E-state index in [1.165, 1.54) is 0 Å². The first kappa shape index (κ1) is 18.4. The van der Waals surface area contributed by atoms with Crippen molar-refractivity contribution < 1.29 is 24.2 Å². The molecule has 0 aliphatic carbocycles. The van der Waals surface area contributed by atoms with Crippen LogP contribution in [-0.2, 0) is 16.0 Å². The average Bonchev–Trinajstić information content (AvgIpc) is 2.58. The van der Waals surface area contributed by atoms with Gasteiger partial charge in [0.05, 0.1) is 26.7 Å². The van der Waals surface area contributed by atoms with Gasteiger partial charge in [-0.25, -0.2) is 0 Å². The molecule has 24 heavy (non-hydrogen) atoms. The van der Waals surface area contributed by atoms with E-state index in [4.69, 9.17) is 9.47 Å². The average molecular weight is 353 g/mol. The highest BCUT2D eigenvalue weighted by atomic mass is 32.2. The molecule has 1 aliphatic rings. The SMILES string of the molecule is COc1cc2c(cc1OC)C(CC(=O)O)N(C(=O)CCSC)CC2. The van der Waals surface area contributed by atoms with Gasteiger partial charge in [-0.3, -0.25) is 9.59 Å². The van der Waals surface area contributed by atoms with Crippen molar-refractivity contribution in [2.75, 3.05) is 32.8 Å². The zero-order valence-electron chi connectivity index (χ0n) is 14.2. The minimum absolute atomic E-state index is 0.00367. The molecule has 132 valence electrons. The van der Waals surface area contributed by atoms with Crippen LogP contribution in [0.4, 0.5) is 0 Å². The fourth-order valence-electron chi connectivity index (χ4n) is 3.05. The normalized spacial score (nSPS) is 16.5. The maximum Gasteiger partial charge on any atom is 0.305 e. The summed E-state index contributed by atoms with van der Waals surface area (Å²) in [4.78, 5) is 25.5. The van der Waals surface area contributed by atoms with Crippen molar-refractivity contribution in [3.63, 3.8) is 0 Å². The van der Waals surface area contributed by atoms with Crippen molar-refractivity contribution >= 4 is 23.6 Å². The Morgan fingerprint density at radius 2 is 1.96 bits per heavy atom. The minimum atomic E-state index is -0.926. The standard InChI is InChI=1S/C17H23NO5S/c1-22-14-8-11-4-6-18(16(19)5-7-24-3)13(10-17(20)21)12(11)9-15(14)23-2/h8-9,13H,4-7,10H2,1-3H3,(H,20,21). The predicted octanol–water partition coefficient (Wildman–Crippen LogP) is 2.36. The molecule has 0 saturated heterocycles. The van der Waals surface area contributed by atoms with Crippen molar-refractivity contribution in [3.05, 3.63) is 23.3 Å². The van der Waals surface area contributed by atoms with Gasteiger partial charge in [0.1, 0.15) is 0 Å². The summed E-state index contributed by atoms with van der Waals surface area (Å²) < 4.78 is 10.7. The van der Waals surface area contributed by atoms with Gasteiger partial charge in [0, 0.05) is 18.7 Å². The van der Waals surface area contributed by atoms with E-state index in [0.29, 0.717) is 30.9 Å². The molecule has 1 amide bonds. The Morgan fingerprint density at radius 1 is 1.29 bits per heavy atom. The van der Waals surface area contributed by atoms with Crippen LogP contribution in [0.5, 0.6) is 11.5 Å². The maximum atomic E-state index is 12.5. The number of rotatable bonds is 7. The summed E-state index contributed by atoms with van der Waals surface area (Å²) in [6, 6.07) is 3.21. The van der Waals surface area contributed by atoms with Crippen LogP contribution in [0.25, 0.3) is 0 Å². The van der Waals surface area contributed by atoms with Crippen molar-refractivity contribution in [3.8, 4) is 11.5 Å². The summed E-state index contributed by atoms with van der Waals surface area (Å²) in [5.74, 6) is 0.965. The van der Waals surface area contributed by atoms with Crippen molar-refractivity contribution in [1.82, 2.24) is 4.90 Å². The Labute approximate surface area is 146 Å². The summed E-state index contributed by atoms with van der Waals surface area (Å²) in [5, 5.41) is 9.30. The lowest BCUT2D eigenvalue weighted by Gasteiger charge is -2.37. The first-order valence-electron chi connectivity index (χ1n) is 7.76. The molecular weight excluding hydrogens is 330 g/mol. The van der Waals surface area contributed by atoms with Crippen LogP contribution in [0.2, 0.25) is 0 Å². The van der Waals surface area contributed by atoms with E-state index in [1.54, 1.807) is 36.9 Å². The van der Waals surface area contributed by atoms with Gasteiger partial charge in [-0.2, -0.15) is 11.8 Å². The number of thioether (sulfide) groups is 1. The van der Waals surface area contributed by atoms with E-state index in [1.807, 2.05) is 12.3 Å². The molecule has 0 radical (unpaired) electrons. The number of amides is 1. The summed E-state index contributed by atoms with van der Waals surface area (Å²) >= 11 is 1.61. The first-order chi connectivity index (χ1) is 11.5. The van der Waals surface area contributed by atoms with E-state index in [0.717, 1.165) is 16.9 Å². The summed E-state index contributed by atoms with van der Waals surface area (Å²) in [5.41, 5.74) is 1.84. The number of aliphatic carboxylic acids is 1. The lowest BCUT2D eigenvalue weighted by Crippen LogP contribution is -2.41. The number of hydrogen-bond acceptors (Lipinski definition) is 5. The number of benzene rings is 1. The maximum absolute atomic E-state index is 12.5. The number of nitrogens with zero attached hydrogens (tertiary/aromatic N) is 1. The van der Waals surface area contributed by atoms with E-state index in [9.17, 15) is 14.7 Å². The van der Waals surface area contributed by atoms with Crippen molar-refractivity contribution in [2.24, 2.45) is 0 Å². The second-order valence-corrected chi connectivity index (χ2v) is 6.59. The third-order valence-electron chi connectivity index (χ3n) is 4.21. The van der Waals surface area contributed by atoms with Gasteiger partial charge in [-0.05, 0) is 35.9 Å². The third-order valence-corrected chi connectivity index (χ3v) is 4.82. The second kappa shape index (κ2) is 8.28. The van der Waals surface area contributed by atoms with Gasteiger partial charge >= 0.3 is 5.97 Å². The Balaban J connectivity index is 2.40. The molecule has 1 atom stereocenters. The summed E-state index contributed by atoms with van der Waals surface area (Å²) in [6.45, 7) is 0.521. The number of carboxylic acid groups (broad SMARTS) is 1. The predicted molar refractivity (Wildman–Crippen MR) is 93.0 cm³/mol. The molecule has 1 unspecified atom stereocenters. The van der Waals surface area contributed by atoms with Crippen LogP contribution < -0.4 is 9.47 Å². The lowest BCUT2D eigenvalue weighted by molar-refractivity contribution is -0.141. The number of carboxylic acids is 1. The van der Waals surface area contributed by atoms with Gasteiger partial charge in [0.15, 0.2) is 11.5 Å². The molecule has 7 heteroatoms. The highest BCUT2D eigenvalue weighted by Crippen LogP contribution is 2.39. The molecule has 0 spiro atoms. The first-order valence-corrected chi connectivity index (χ1v) is 9.16. The fourth-order valence-corrected chi connectivity index (χ4v) is 3.42. The van der Waals surface area contributed by atoms with E-state index in [2.05, 4.69) is 0 Å². The number of ether oxygens (including phenoxy) is 2. The van der Waals surface area contributed by atoms with Crippen LogP contribution in [0.3, 0.4) is 0 Å². The molecule has 1 aromatic rings. The van der Waals surface area contributed by atoms with Gasteiger partial charge in [0.2, 0.25) is 5.91 Å². The molecule has 1 N–H and O–H groups in total. The lowest BCUT2D eigenvalue weighted by atomic mass is 9.89. The van der Waals surface area contributed by atoms with Gasteiger partial charge in [-0.15, -0.1) is 0 Å². The third kappa shape index (κ3) is 3.95. The molecule has 1 heterocycles. The van der Waals surface area contributed by atoms with Gasteiger partial charge < -0.3 is 19.5 Å². The number of hydrogen-bond donors (Lipinski definition) is 1. The Kier molecular flexibility index (Phi) is 6.36. The largest absolute Gasteiger partial charge is 0.493 e. The molecule has 1 aromatic carbocycles. The molecular formula is C17H23NO5S. The van der Waals surface area contributed by atoms with Gasteiger partial charge in [-0.1, -0.05) is 0 Å². The van der Waals surface area contributed by atoms with Gasteiger partial charge in [0.25, 0.3) is 0 Å². The molecule has 2 rings (SSSR count). The molecule has 0 bridgehead atoms. The monoisotopic (exact) mass is 353 g/mol. The molecule has 0 saturated carbocycles. The van der Waals surface area contributed by atoms with Crippen molar-refractivity contribution in [1.29, 1.82) is 0 Å². The second-order valence-electron chi connectivity index (χ2n) is 5.60. The molecule has 1 aliphatic heterocycles. The topological polar surface area (TPSA) is 76.1 Å². The van der Waals surface area contributed by atoms with Crippen LogP contribution in [0.15, 0.2) is 12.1 Å². The Hall–Kier alpha value is -1.89. The number of carbonyl (C=O) groups excluding carboxylic acids is 1. The van der Waals surface area contributed by atoms with Crippen LogP contribution in [-0.4, -0.2) is 54.7 Å². The molecule has 0 aromatic heterocycles. The quantitative estimate of drug-likeness (QED) is 0.811. The minimum Gasteiger partial charge on any atom is -0.493 e. The van der Waals surface area contributed by atoms with E-state index < -0.39 is 12.0 Å². The molecule has 0 fully saturated rings. The fraction of sp³-hybridized carbons (Fsp3) is 0.529. The van der Waals surface area contributed by atoms with Crippen LogP contribution >= 0.6 is 11.8 Å².